The number of benzene rings is 2. The van der Waals surface area contributed by atoms with Crippen molar-refractivity contribution >= 4 is 34.5 Å². The first kappa shape index (κ1) is 25.7. The minimum Gasteiger partial charge on any atom is -0.443 e. The first-order valence-corrected chi connectivity index (χ1v) is 11.3. The summed E-state index contributed by atoms with van der Waals surface area (Å²) in [6.07, 6.45) is 1.08. The number of carbonyl (C=O) groups excluding carboxylic acids is 2. The van der Waals surface area contributed by atoms with Gasteiger partial charge in [-0.05, 0) is 71.7 Å². The lowest BCUT2D eigenvalue weighted by Gasteiger charge is -2.27. The summed E-state index contributed by atoms with van der Waals surface area (Å²) in [5.74, 6) is 0. The van der Waals surface area contributed by atoms with Gasteiger partial charge in [0.15, 0.2) is 0 Å². The predicted molar refractivity (Wildman–Crippen MR) is 134 cm³/mol. The van der Waals surface area contributed by atoms with Crippen LogP contribution in [0.2, 0.25) is 0 Å². The molecule has 35 heavy (non-hydrogen) atoms. The van der Waals surface area contributed by atoms with Crippen molar-refractivity contribution in [3.8, 4) is 0 Å². The Hall–Kier alpha value is -3.88. The highest BCUT2D eigenvalue weighted by Crippen LogP contribution is 2.26. The maximum absolute atomic E-state index is 13.0. The number of nitro groups is 1. The molecule has 0 N–H and O–H groups in total. The lowest BCUT2D eigenvalue weighted by Crippen LogP contribution is -2.38. The van der Waals surface area contributed by atoms with Crippen LogP contribution in [-0.2, 0) is 15.9 Å². The Balaban J connectivity index is 1.93. The molecule has 0 aliphatic heterocycles. The summed E-state index contributed by atoms with van der Waals surface area (Å²) in [5.41, 5.74) is 0.589. The average molecular weight is 482 g/mol. The van der Waals surface area contributed by atoms with Crippen LogP contribution in [0, 0.1) is 10.1 Å². The lowest BCUT2D eigenvalue weighted by atomic mass is 10.1. The highest BCUT2D eigenvalue weighted by Gasteiger charge is 2.25. The number of rotatable bonds is 5. The van der Waals surface area contributed by atoms with Crippen molar-refractivity contribution < 1.29 is 24.0 Å². The van der Waals surface area contributed by atoms with E-state index in [2.05, 4.69) is 0 Å². The molecule has 0 aliphatic rings. The van der Waals surface area contributed by atoms with Gasteiger partial charge in [-0.15, -0.1) is 0 Å². The van der Waals surface area contributed by atoms with Gasteiger partial charge in [0.05, 0.1) is 10.4 Å². The number of nitrogens with zero attached hydrogens (tertiary/aromatic N) is 3. The Bertz CT molecular complexity index is 1230. The molecule has 9 heteroatoms. The van der Waals surface area contributed by atoms with Gasteiger partial charge in [-0.1, -0.05) is 18.2 Å². The van der Waals surface area contributed by atoms with E-state index in [1.165, 1.54) is 33.7 Å². The molecule has 0 spiro atoms. The van der Waals surface area contributed by atoms with Crippen molar-refractivity contribution in [2.45, 2.75) is 59.2 Å². The first-order chi connectivity index (χ1) is 16.2. The smallest absolute Gasteiger partial charge is 0.419 e. The number of fused-ring (bicyclic) bond motifs is 1. The van der Waals surface area contributed by atoms with Gasteiger partial charge in [0.2, 0.25) is 0 Å². The summed E-state index contributed by atoms with van der Waals surface area (Å²) >= 11 is 0. The van der Waals surface area contributed by atoms with E-state index in [1.807, 2.05) is 24.3 Å². The number of hydrogen-bond acceptors (Lipinski definition) is 6. The number of hydrogen-bond donors (Lipinski definition) is 0. The van der Waals surface area contributed by atoms with Crippen molar-refractivity contribution in [2.75, 3.05) is 11.4 Å². The highest BCUT2D eigenvalue weighted by atomic mass is 16.6. The fourth-order valence-corrected chi connectivity index (χ4v) is 3.54. The molecule has 1 aromatic heterocycles. The normalized spacial score (nSPS) is 11.8. The molecule has 2 aromatic carbocycles. The molecule has 0 saturated carbocycles. The standard InChI is InChI=1S/C26H31N3O6/c1-25(2,3)34-23(30)27(19-11-13-20(14-12-19)29(32)33)16-15-18-17-28(24(31)35-26(4,5)6)22-10-8-7-9-21(18)22/h7-14,17H,15-16H2,1-6H3. The fourth-order valence-electron chi connectivity index (χ4n) is 3.54. The molecule has 186 valence electrons. The Morgan fingerprint density at radius 3 is 2.11 bits per heavy atom. The second kappa shape index (κ2) is 9.77. The van der Waals surface area contributed by atoms with Crippen molar-refractivity contribution in [1.29, 1.82) is 0 Å². The van der Waals surface area contributed by atoms with Gasteiger partial charge in [0, 0.05) is 35.9 Å². The van der Waals surface area contributed by atoms with Crippen LogP contribution in [0.3, 0.4) is 0 Å². The van der Waals surface area contributed by atoms with Gasteiger partial charge in [0.25, 0.3) is 5.69 Å². The topological polar surface area (TPSA) is 104 Å². The van der Waals surface area contributed by atoms with Gasteiger partial charge in [-0.2, -0.15) is 0 Å². The molecule has 0 atom stereocenters. The maximum atomic E-state index is 13.0. The van der Waals surface area contributed by atoms with Crippen LogP contribution in [0.5, 0.6) is 0 Å². The number of carbonyl (C=O) groups is 2. The molecule has 0 saturated heterocycles. The number of aromatic nitrogens is 1. The molecule has 0 unspecified atom stereocenters. The van der Waals surface area contributed by atoms with Gasteiger partial charge < -0.3 is 9.47 Å². The predicted octanol–water partition coefficient (Wildman–Crippen LogP) is 6.32. The van der Waals surface area contributed by atoms with Gasteiger partial charge in [0.1, 0.15) is 11.2 Å². The summed E-state index contributed by atoms with van der Waals surface area (Å²) in [6.45, 7) is 11.0. The van der Waals surface area contributed by atoms with Crippen LogP contribution in [0.15, 0.2) is 54.7 Å². The zero-order chi connectivity index (χ0) is 26.0. The van der Waals surface area contributed by atoms with E-state index in [0.29, 0.717) is 17.6 Å². The molecule has 0 fully saturated rings. The molecule has 1 heterocycles. The largest absolute Gasteiger partial charge is 0.443 e. The van der Waals surface area contributed by atoms with E-state index in [0.717, 1.165) is 10.9 Å². The molecular formula is C26H31N3O6. The molecule has 0 aliphatic carbocycles. The van der Waals surface area contributed by atoms with Gasteiger partial charge in [-0.3, -0.25) is 19.6 Å². The van der Waals surface area contributed by atoms with Crippen LogP contribution in [0.25, 0.3) is 10.9 Å². The van der Waals surface area contributed by atoms with E-state index in [9.17, 15) is 19.7 Å². The van der Waals surface area contributed by atoms with Gasteiger partial charge in [-0.25, -0.2) is 9.59 Å². The monoisotopic (exact) mass is 481 g/mol. The Morgan fingerprint density at radius 2 is 1.54 bits per heavy atom. The third kappa shape index (κ3) is 6.59. The number of para-hydroxylation sites is 1. The summed E-state index contributed by atoms with van der Waals surface area (Å²) in [6, 6.07) is 13.2. The molecule has 1 amide bonds. The van der Waals surface area contributed by atoms with Crippen LogP contribution in [0.4, 0.5) is 21.0 Å². The molecule has 3 rings (SSSR count). The van der Waals surface area contributed by atoms with E-state index in [-0.39, 0.29) is 12.2 Å². The summed E-state index contributed by atoms with van der Waals surface area (Å²) in [4.78, 5) is 37.8. The zero-order valence-electron chi connectivity index (χ0n) is 20.9. The van der Waals surface area contributed by atoms with Crippen LogP contribution in [-0.4, -0.2) is 39.4 Å². The Kier molecular flexibility index (Phi) is 7.19. The summed E-state index contributed by atoms with van der Waals surface area (Å²) in [7, 11) is 0. The minimum atomic E-state index is -0.719. The molecule has 9 nitrogen and oxygen atoms in total. The van der Waals surface area contributed by atoms with Crippen LogP contribution < -0.4 is 4.90 Å². The third-order valence-corrected chi connectivity index (χ3v) is 4.98. The molecular weight excluding hydrogens is 450 g/mol. The molecule has 3 aromatic rings. The average Bonchev–Trinajstić information content (AvgIpc) is 3.11. The van der Waals surface area contributed by atoms with Crippen LogP contribution in [0.1, 0.15) is 47.1 Å². The second-order valence-electron chi connectivity index (χ2n) is 10.2. The Labute approximate surface area is 204 Å². The fraction of sp³-hybridized carbons (Fsp3) is 0.385. The van der Waals surface area contributed by atoms with E-state index >= 15 is 0 Å². The van der Waals surface area contributed by atoms with Crippen molar-refractivity contribution in [3.63, 3.8) is 0 Å². The zero-order valence-corrected chi connectivity index (χ0v) is 20.9. The second-order valence-corrected chi connectivity index (χ2v) is 10.2. The number of ether oxygens (including phenoxy) is 2. The first-order valence-electron chi connectivity index (χ1n) is 11.3. The minimum absolute atomic E-state index is 0.0710. The van der Waals surface area contributed by atoms with Crippen molar-refractivity contribution in [2.24, 2.45) is 0 Å². The SMILES string of the molecule is CC(C)(C)OC(=O)N(CCc1cn(C(=O)OC(C)(C)C)c2ccccc12)c1ccc([N+](=O)[O-])cc1. The summed E-state index contributed by atoms with van der Waals surface area (Å²) < 4.78 is 12.6. The summed E-state index contributed by atoms with van der Waals surface area (Å²) in [5, 5.41) is 11.9. The van der Waals surface area contributed by atoms with E-state index in [4.69, 9.17) is 9.47 Å². The quantitative estimate of drug-likeness (QED) is 0.312. The van der Waals surface area contributed by atoms with E-state index < -0.39 is 28.3 Å². The van der Waals surface area contributed by atoms with Crippen LogP contribution >= 0.6 is 0 Å². The number of anilines is 1. The van der Waals surface area contributed by atoms with E-state index in [1.54, 1.807) is 47.7 Å². The highest BCUT2D eigenvalue weighted by molar-refractivity contribution is 5.92. The van der Waals surface area contributed by atoms with Gasteiger partial charge >= 0.3 is 12.2 Å². The molecule has 0 radical (unpaired) electrons. The number of non-ortho nitro benzene ring substituents is 1. The maximum Gasteiger partial charge on any atom is 0.419 e. The number of amides is 1. The lowest BCUT2D eigenvalue weighted by molar-refractivity contribution is -0.384. The molecule has 0 bridgehead atoms. The third-order valence-electron chi connectivity index (χ3n) is 4.98. The number of nitro benzene ring substituents is 1. The van der Waals surface area contributed by atoms with Crippen molar-refractivity contribution in [1.82, 2.24) is 4.57 Å². The van der Waals surface area contributed by atoms with Crippen molar-refractivity contribution in [3.05, 3.63) is 70.4 Å². The Morgan fingerprint density at radius 1 is 0.943 bits per heavy atom.